The second kappa shape index (κ2) is 26.8. The van der Waals surface area contributed by atoms with Gasteiger partial charge in [0.2, 0.25) is 0 Å². The van der Waals surface area contributed by atoms with Gasteiger partial charge in [-0.15, -0.1) is 0 Å². The summed E-state index contributed by atoms with van der Waals surface area (Å²) in [4.78, 5) is 0. The van der Waals surface area contributed by atoms with E-state index in [-0.39, 0.29) is 53.4 Å². The first-order valence-corrected chi connectivity index (χ1v) is 14.1. The van der Waals surface area contributed by atoms with Crippen LogP contribution < -0.4 is 34.0 Å². The predicted octanol–water partition coefficient (Wildman–Crippen LogP) is -0.0817. The third-order valence-corrected chi connectivity index (χ3v) is 5.82. The van der Waals surface area contributed by atoms with E-state index in [1.807, 2.05) is 0 Å². The van der Waals surface area contributed by atoms with E-state index in [0.29, 0.717) is 0 Å². The fraction of sp³-hybridized carbons (Fsp3) is 0. The van der Waals surface area contributed by atoms with Crippen LogP contribution in [0.2, 0.25) is 0 Å². The van der Waals surface area contributed by atoms with Gasteiger partial charge in [-0.1, -0.05) is 121 Å². The summed E-state index contributed by atoms with van der Waals surface area (Å²) in [5.74, 6) is 0. The van der Waals surface area contributed by atoms with Gasteiger partial charge in [0, 0.05) is 0 Å². The number of rotatable bonds is 4. The zero-order valence-electron chi connectivity index (χ0n) is 26.2. The van der Waals surface area contributed by atoms with Gasteiger partial charge in [0.1, 0.15) is 0 Å². The van der Waals surface area contributed by atoms with Crippen molar-refractivity contribution in [1.82, 2.24) is 61.6 Å². The molecule has 4 aromatic heterocycles. The number of aromatic amines is 4. The van der Waals surface area contributed by atoms with Crippen LogP contribution in [0, 0.1) is 0 Å². The summed E-state index contributed by atoms with van der Waals surface area (Å²) in [5.41, 5.74) is 7.40. The van der Waals surface area contributed by atoms with Crippen LogP contribution in [0.25, 0.3) is 11.1 Å². The van der Waals surface area contributed by atoms with Crippen molar-refractivity contribution >= 4 is 11.1 Å². The third kappa shape index (κ3) is 15.9. The first-order chi connectivity index (χ1) is 22.9. The van der Waals surface area contributed by atoms with Crippen molar-refractivity contribution in [3.63, 3.8) is 0 Å². The second-order valence-electron chi connectivity index (χ2n) is 8.84. The minimum atomic E-state index is 0. The van der Waals surface area contributed by atoms with Crippen molar-refractivity contribution in [2.45, 2.75) is 0 Å². The summed E-state index contributed by atoms with van der Waals surface area (Å²) in [6.45, 7) is 0. The summed E-state index contributed by atoms with van der Waals surface area (Å²) < 4.78 is 0. The van der Waals surface area contributed by atoms with E-state index >= 15 is 0 Å². The van der Waals surface area contributed by atoms with Crippen LogP contribution >= 0.6 is 0 Å². The molecule has 4 heterocycles. The molecule has 8 rings (SSSR count). The molecule has 4 aromatic carbocycles. The van der Waals surface area contributed by atoms with Crippen molar-refractivity contribution in [1.29, 1.82) is 0 Å². The predicted molar refractivity (Wildman–Crippen MR) is 176 cm³/mol. The van der Waals surface area contributed by atoms with Gasteiger partial charge >= 0.3 is 19.5 Å². The van der Waals surface area contributed by atoms with Crippen LogP contribution in [0.15, 0.2) is 171 Å². The SMILES string of the molecule is [Br-].[Br-].[Zn+2].c1ccc(C(=C(c2ccccc2)c2ccccc2)c2ccccc2)cc1.c1cn[nH]n1.c1cn[nH]n1.c1cn[nH]n1.c1cn[nH]n1. The summed E-state index contributed by atoms with van der Waals surface area (Å²) in [6, 6.07) is 42.6. The molecule has 0 amide bonds. The number of H-pyrrole nitrogens is 4. The molecule has 15 heteroatoms. The average Bonchev–Trinajstić information content (AvgIpc) is 3.99. The summed E-state index contributed by atoms with van der Waals surface area (Å²) in [5, 5.41) is 37.3. The number of halogens is 2. The molecule has 4 N–H and O–H groups in total. The van der Waals surface area contributed by atoms with Crippen LogP contribution in [-0.4, -0.2) is 61.6 Å². The normalized spacial score (nSPS) is 8.73. The van der Waals surface area contributed by atoms with Crippen molar-refractivity contribution in [2.75, 3.05) is 0 Å². The van der Waals surface area contributed by atoms with E-state index in [1.54, 1.807) is 49.6 Å². The van der Waals surface area contributed by atoms with Crippen LogP contribution in [0.5, 0.6) is 0 Å². The minimum absolute atomic E-state index is 0. The van der Waals surface area contributed by atoms with Gasteiger partial charge < -0.3 is 34.0 Å². The van der Waals surface area contributed by atoms with Crippen molar-refractivity contribution < 1.29 is 53.4 Å². The van der Waals surface area contributed by atoms with E-state index in [2.05, 4.69) is 183 Å². The maximum Gasteiger partial charge on any atom is 2.00 e. The zero-order chi connectivity index (χ0) is 31.7. The molecular formula is C34H32Br2N12Zn. The Morgan fingerprint density at radius 1 is 0.286 bits per heavy atom. The molecule has 0 fully saturated rings. The molecule has 0 aliphatic heterocycles. The summed E-state index contributed by atoms with van der Waals surface area (Å²) in [6.07, 6.45) is 12.7. The molecule has 12 nitrogen and oxygen atoms in total. The monoisotopic (exact) mass is 830 g/mol. The van der Waals surface area contributed by atoms with Gasteiger partial charge in [0.15, 0.2) is 0 Å². The van der Waals surface area contributed by atoms with Crippen LogP contribution in [0.1, 0.15) is 22.3 Å². The van der Waals surface area contributed by atoms with Crippen LogP contribution in [0.3, 0.4) is 0 Å². The molecule has 0 bridgehead atoms. The number of nitrogens with one attached hydrogen (secondary N) is 4. The minimum Gasteiger partial charge on any atom is -1.00 e. The van der Waals surface area contributed by atoms with Crippen molar-refractivity contribution in [3.8, 4) is 0 Å². The molecule has 0 spiro atoms. The Morgan fingerprint density at radius 2 is 0.449 bits per heavy atom. The molecule has 0 aliphatic rings. The number of hydrogen-bond donors (Lipinski definition) is 4. The van der Waals surface area contributed by atoms with Gasteiger partial charge in [-0.25, -0.2) is 0 Å². The van der Waals surface area contributed by atoms with E-state index in [9.17, 15) is 0 Å². The fourth-order valence-corrected chi connectivity index (χ4v) is 4.00. The van der Waals surface area contributed by atoms with Gasteiger partial charge in [-0.05, 0) is 33.4 Å². The maximum atomic E-state index is 3.49. The van der Waals surface area contributed by atoms with E-state index in [1.165, 1.54) is 33.4 Å². The molecule has 8 aromatic rings. The molecule has 0 radical (unpaired) electrons. The first kappa shape index (κ1) is 41.8. The molecule has 49 heavy (non-hydrogen) atoms. The Morgan fingerprint density at radius 3 is 0.571 bits per heavy atom. The second-order valence-corrected chi connectivity index (χ2v) is 8.84. The first-order valence-electron chi connectivity index (χ1n) is 14.1. The van der Waals surface area contributed by atoms with Crippen LogP contribution in [-0.2, 0) is 19.5 Å². The third-order valence-electron chi connectivity index (χ3n) is 5.82. The maximum absolute atomic E-state index is 3.49. The Hall–Kier alpha value is -5.24. The molecule has 0 unspecified atom stereocenters. The smallest absolute Gasteiger partial charge is 1.00 e. The Bertz CT molecular complexity index is 1470. The standard InChI is InChI=1S/C26H20.4C2H3N3.2BrH.Zn/c1-5-13-21(14-6-1)25(22-15-7-2-8-16-22)26(23-17-9-3-10-18-23)24-19-11-4-12-20-24;4*1-2-4-5-3-1;;;/h1-20H;4*1-2H,(H,3,4,5);2*1H;/q;;;;;;;+2/p-2. The number of nitrogens with zero attached hydrogens (tertiary/aromatic N) is 8. The van der Waals surface area contributed by atoms with E-state index in [4.69, 9.17) is 0 Å². The number of benzene rings is 4. The molecule has 0 aliphatic carbocycles. The van der Waals surface area contributed by atoms with E-state index in [0.717, 1.165) is 0 Å². The quantitative estimate of drug-likeness (QED) is 0.141. The van der Waals surface area contributed by atoms with Gasteiger partial charge in [0.25, 0.3) is 0 Å². The van der Waals surface area contributed by atoms with Gasteiger partial charge in [-0.2, -0.15) is 61.6 Å². The van der Waals surface area contributed by atoms with Crippen LogP contribution in [0.4, 0.5) is 0 Å². The fourth-order valence-electron chi connectivity index (χ4n) is 4.00. The van der Waals surface area contributed by atoms with Crippen molar-refractivity contribution in [2.24, 2.45) is 0 Å². The Balaban J connectivity index is 0.000000420. The summed E-state index contributed by atoms with van der Waals surface area (Å²) >= 11 is 0. The molecule has 244 valence electrons. The zero-order valence-corrected chi connectivity index (χ0v) is 32.3. The van der Waals surface area contributed by atoms with Gasteiger partial charge in [-0.3, -0.25) is 0 Å². The van der Waals surface area contributed by atoms with Crippen molar-refractivity contribution in [3.05, 3.63) is 193 Å². The number of aromatic nitrogens is 12. The summed E-state index contributed by atoms with van der Waals surface area (Å²) in [7, 11) is 0. The number of hydrogen-bond acceptors (Lipinski definition) is 8. The Kier molecular flexibility index (Phi) is 22.8. The van der Waals surface area contributed by atoms with Gasteiger partial charge in [0.05, 0.1) is 49.6 Å². The molecule has 0 saturated heterocycles. The van der Waals surface area contributed by atoms with E-state index < -0.39 is 0 Å². The largest absolute Gasteiger partial charge is 2.00 e. The molecule has 0 atom stereocenters. The topological polar surface area (TPSA) is 166 Å². The average molecular weight is 834 g/mol. The molecular weight excluding hydrogens is 802 g/mol. The molecule has 0 saturated carbocycles. The Labute approximate surface area is 317 Å².